The fraction of sp³-hybridized carbons (Fsp3) is 0.125. The molecule has 0 spiro atoms. The summed E-state index contributed by atoms with van der Waals surface area (Å²) in [6.45, 7) is 0. The number of benzene rings is 1. The van der Waals surface area contributed by atoms with Crippen LogP contribution in [0.4, 0.5) is 10.5 Å². The highest BCUT2D eigenvalue weighted by Crippen LogP contribution is 2.38. The van der Waals surface area contributed by atoms with Gasteiger partial charge in [0.15, 0.2) is 5.37 Å². The molecule has 1 atom stereocenters. The van der Waals surface area contributed by atoms with Crippen LogP contribution >= 0.6 is 27.7 Å². The van der Waals surface area contributed by atoms with Crippen molar-refractivity contribution in [3.05, 3.63) is 28.2 Å². The minimum atomic E-state index is -0.256. The van der Waals surface area contributed by atoms with E-state index in [9.17, 15) is 4.79 Å². The predicted octanol–water partition coefficient (Wildman–Crippen LogP) is 3.35. The number of nitrogens with zero attached hydrogens (tertiary/aromatic N) is 2. The van der Waals surface area contributed by atoms with Crippen molar-refractivity contribution in [1.82, 2.24) is 0 Å². The second kappa shape index (κ2) is 3.70. The number of thioether (sulfide) groups is 1. The Morgan fingerprint density at radius 1 is 1.43 bits per heavy atom. The van der Waals surface area contributed by atoms with Crippen molar-refractivity contribution in [3.8, 4) is 0 Å². The van der Waals surface area contributed by atoms with Crippen LogP contribution in [0.5, 0.6) is 0 Å². The predicted molar refractivity (Wildman–Crippen MR) is 59.1 cm³/mol. The third kappa shape index (κ3) is 1.96. The molecule has 0 radical (unpaired) electrons. The quantitative estimate of drug-likeness (QED) is 0.797. The zero-order valence-corrected chi connectivity index (χ0v) is 9.38. The molecule has 2 rings (SSSR count). The maximum absolute atomic E-state index is 10.9. The summed E-state index contributed by atoms with van der Waals surface area (Å²) in [6, 6.07) is 5.47. The van der Waals surface area contributed by atoms with Gasteiger partial charge in [0.2, 0.25) is 0 Å². The van der Waals surface area contributed by atoms with Crippen LogP contribution in [0.2, 0.25) is 0 Å². The van der Waals surface area contributed by atoms with Crippen LogP contribution in [0.1, 0.15) is 10.9 Å². The first kappa shape index (κ1) is 9.67. The lowest BCUT2D eigenvalue weighted by Gasteiger charge is -2.05. The number of anilines is 1. The molecule has 1 unspecified atom stereocenters. The molecule has 1 aliphatic rings. The van der Waals surface area contributed by atoms with E-state index in [-0.39, 0.29) is 10.6 Å². The van der Waals surface area contributed by atoms with Crippen molar-refractivity contribution >= 4 is 38.6 Å². The number of carbonyl (C=O) groups is 1. The van der Waals surface area contributed by atoms with Gasteiger partial charge in [-0.05, 0) is 35.5 Å². The maximum atomic E-state index is 10.9. The standard InChI is InChI=1S/C8H6BrN3OS/c9-5-1-4(2-6(10)3-5)7-11-12-8(13)14-7/h1-3,7H,10H2. The molecule has 1 heterocycles. The lowest BCUT2D eigenvalue weighted by molar-refractivity contribution is 0.267. The first-order valence-corrected chi connectivity index (χ1v) is 5.50. The third-order valence-electron chi connectivity index (χ3n) is 1.68. The van der Waals surface area contributed by atoms with Crippen LogP contribution in [-0.4, -0.2) is 5.24 Å². The Balaban J connectivity index is 2.33. The first-order chi connectivity index (χ1) is 6.65. The van der Waals surface area contributed by atoms with Gasteiger partial charge >= 0.3 is 5.24 Å². The van der Waals surface area contributed by atoms with Crippen LogP contribution < -0.4 is 5.73 Å². The van der Waals surface area contributed by atoms with E-state index in [4.69, 9.17) is 5.73 Å². The molecule has 0 bridgehead atoms. The third-order valence-corrected chi connectivity index (χ3v) is 3.02. The molecule has 0 aromatic heterocycles. The van der Waals surface area contributed by atoms with Crippen LogP contribution in [-0.2, 0) is 0 Å². The highest BCUT2D eigenvalue weighted by molar-refractivity contribution is 9.10. The normalized spacial score (nSPS) is 20.4. The van der Waals surface area contributed by atoms with E-state index in [1.807, 2.05) is 6.07 Å². The highest BCUT2D eigenvalue weighted by Gasteiger charge is 2.22. The van der Waals surface area contributed by atoms with Gasteiger partial charge < -0.3 is 5.73 Å². The molecule has 0 saturated heterocycles. The summed E-state index contributed by atoms with van der Waals surface area (Å²) in [4.78, 5) is 10.9. The molecule has 0 fully saturated rings. The van der Waals surface area contributed by atoms with Crippen molar-refractivity contribution in [2.24, 2.45) is 10.2 Å². The molecule has 1 amide bonds. The molecule has 0 saturated carbocycles. The van der Waals surface area contributed by atoms with Crippen LogP contribution in [0.15, 0.2) is 32.9 Å². The Labute approximate surface area is 93.1 Å². The second-order valence-corrected chi connectivity index (χ2v) is 4.72. The number of carbonyl (C=O) groups excluding carboxylic acids is 1. The average Bonchev–Trinajstić information content (AvgIpc) is 2.50. The lowest BCUT2D eigenvalue weighted by Crippen LogP contribution is -1.91. The largest absolute Gasteiger partial charge is 0.399 e. The SMILES string of the molecule is Nc1cc(Br)cc(C2N=NC(=O)S2)c1. The number of amides is 1. The van der Waals surface area contributed by atoms with E-state index in [0.29, 0.717) is 5.69 Å². The van der Waals surface area contributed by atoms with Gasteiger partial charge in [-0.25, -0.2) is 0 Å². The molecular formula is C8H6BrN3OS. The first-order valence-electron chi connectivity index (χ1n) is 3.82. The summed E-state index contributed by atoms with van der Waals surface area (Å²) >= 11 is 4.42. The minimum Gasteiger partial charge on any atom is -0.399 e. The Hall–Kier alpha value is -0.880. The Kier molecular flexibility index (Phi) is 2.56. The topological polar surface area (TPSA) is 67.8 Å². The summed E-state index contributed by atoms with van der Waals surface area (Å²) < 4.78 is 0.877. The van der Waals surface area contributed by atoms with Gasteiger partial charge in [0.25, 0.3) is 0 Å². The molecule has 4 nitrogen and oxygen atoms in total. The molecule has 2 N–H and O–H groups in total. The van der Waals surface area contributed by atoms with E-state index in [2.05, 4.69) is 26.2 Å². The zero-order valence-electron chi connectivity index (χ0n) is 6.98. The number of halogens is 1. The van der Waals surface area contributed by atoms with Gasteiger partial charge in [0.1, 0.15) is 0 Å². The number of nitrogen functional groups attached to an aromatic ring is 1. The molecule has 72 valence electrons. The van der Waals surface area contributed by atoms with Crippen molar-refractivity contribution in [3.63, 3.8) is 0 Å². The number of hydrogen-bond donors (Lipinski definition) is 1. The van der Waals surface area contributed by atoms with E-state index in [1.54, 1.807) is 12.1 Å². The van der Waals surface area contributed by atoms with E-state index in [0.717, 1.165) is 21.8 Å². The lowest BCUT2D eigenvalue weighted by atomic mass is 10.2. The molecule has 1 aliphatic heterocycles. The molecule has 0 aliphatic carbocycles. The van der Waals surface area contributed by atoms with Gasteiger partial charge in [-0.3, -0.25) is 4.79 Å². The minimum absolute atomic E-state index is 0.248. The summed E-state index contributed by atoms with van der Waals surface area (Å²) in [7, 11) is 0. The van der Waals surface area contributed by atoms with E-state index >= 15 is 0 Å². The second-order valence-electron chi connectivity index (χ2n) is 2.77. The summed E-state index contributed by atoms with van der Waals surface area (Å²) in [5.74, 6) is 0. The molecule has 6 heteroatoms. The summed E-state index contributed by atoms with van der Waals surface area (Å²) in [5.41, 5.74) is 7.19. The number of hydrogen-bond acceptors (Lipinski definition) is 4. The van der Waals surface area contributed by atoms with Gasteiger partial charge in [0.05, 0.1) is 0 Å². The van der Waals surface area contributed by atoms with Gasteiger partial charge in [-0.15, -0.1) is 5.11 Å². The van der Waals surface area contributed by atoms with Crippen molar-refractivity contribution in [2.75, 3.05) is 5.73 Å². The monoisotopic (exact) mass is 271 g/mol. The number of nitrogens with two attached hydrogens (primary N) is 1. The van der Waals surface area contributed by atoms with E-state index < -0.39 is 0 Å². The van der Waals surface area contributed by atoms with Crippen molar-refractivity contribution in [1.29, 1.82) is 0 Å². The zero-order chi connectivity index (χ0) is 10.1. The molecule has 1 aromatic rings. The summed E-state index contributed by atoms with van der Waals surface area (Å²) in [5, 5.41) is 6.77. The summed E-state index contributed by atoms with van der Waals surface area (Å²) in [6.07, 6.45) is 0. The maximum Gasteiger partial charge on any atom is 0.325 e. The van der Waals surface area contributed by atoms with Crippen molar-refractivity contribution in [2.45, 2.75) is 5.37 Å². The van der Waals surface area contributed by atoms with E-state index in [1.165, 1.54) is 0 Å². The van der Waals surface area contributed by atoms with Crippen molar-refractivity contribution < 1.29 is 4.79 Å². The van der Waals surface area contributed by atoms with Gasteiger partial charge in [-0.2, -0.15) is 5.11 Å². The van der Waals surface area contributed by atoms with Gasteiger partial charge in [0, 0.05) is 10.2 Å². The van der Waals surface area contributed by atoms with Crippen LogP contribution in [0.25, 0.3) is 0 Å². The Bertz CT molecular complexity index is 401. The molecular weight excluding hydrogens is 266 g/mol. The smallest absolute Gasteiger partial charge is 0.325 e. The highest BCUT2D eigenvalue weighted by atomic mass is 79.9. The van der Waals surface area contributed by atoms with Crippen LogP contribution in [0, 0.1) is 0 Å². The average molecular weight is 272 g/mol. The van der Waals surface area contributed by atoms with Crippen LogP contribution in [0.3, 0.4) is 0 Å². The molecule has 14 heavy (non-hydrogen) atoms. The Morgan fingerprint density at radius 2 is 2.21 bits per heavy atom. The molecule has 1 aromatic carbocycles. The van der Waals surface area contributed by atoms with Gasteiger partial charge in [-0.1, -0.05) is 15.9 Å². The Morgan fingerprint density at radius 3 is 2.79 bits per heavy atom. The fourth-order valence-corrected chi connectivity index (χ4v) is 2.34. The number of rotatable bonds is 1. The number of azo groups is 1. The fourth-order valence-electron chi connectivity index (χ4n) is 1.16.